The zero-order chi connectivity index (χ0) is 16.2. The Bertz CT molecular complexity index is 655. The van der Waals surface area contributed by atoms with Crippen LogP contribution in [0, 0.1) is 13.8 Å². The second kappa shape index (κ2) is 8.26. The van der Waals surface area contributed by atoms with Crippen LogP contribution in [-0.4, -0.2) is 40.6 Å². The van der Waals surface area contributed by atoms with E-state index in [1.165, 1.54) is 0 Å². The second-order valence-corrected chi connectivity index (χ2v) is 5.90. The van der Waals surface area contributed by atoms with E-state index in [2.05, 4.69) is 15.5 Å². The highest BCUT2D eigenvalue weighted by Gasteiger charge is 2.28. The fourth-order valence-corrected chi connectivity index (χ4v) is 3.11. The molecule has 2 aromatic heterocycles. The lowest BCUT2D eigenvalue weighted by Gasteiger charge is -2.36. The van der Waals surface area contributed by atoms with Crippen LogP contribution in [0.15, 0.2) is 29.0 Å². The van der Waals surface area contributed by atoms with Gasteiger partial charge in [0, 0.05) is 44.0 Å². The zero-order valence-electron chi connectivity index (χ0n) is 14.0. The third-order valence-electron chi connectivity index (χ3n) is 4.40. The number of rotatable bonds is 4. The van der Waals surface area contributed by atoms with Gasteiger partial charge in [0.1, 0.15) is 5.76 Å². The maximum Gasteiger partial charge on any atom is 0.223 e. The number of nitrogens with zero attached hydrogens (tertiary/aromatic N) is 3. The molecule has 130 valence electrons. The molecule has 2 aromatic rings. The Labute approximate surface area is 148 Å². The van der Waals surface area contributed by atoms with Gasteiger partial charge in [0.25, 0.3) is 0 Å². The normalized spacial score (nSPS) is 17.4. The first-order valence-corrected chi connectivity index (χ1v) is 7.98. The van der Waals surface area contributed by atoms with Crippen LogP contribution >= 0.6 is 12.4 Å². The lowest BCUT2D eigenvalue weighted by molar-refractivity contribution is -0.134. The first-order valence-electron chi connectivity index (χ1n) is 7.98. The van der Waals surface area contributed by atoms with E-state index in [9.17, 15) is 4.79 Å². The molecule has 7 heteroatoms. The van der Waals surface area contributed by atoms with Crippen molar-refractivity contribution < 1.29 is 9.32 Å². The molecule has 1 aliphatic rings. The minimum absolute atomic E-state index is 0. The summed E-state index contributed by atoms with van der Waals surface area (Å²) in [6.45, 7) is 6.12. The van der Waals surface area contributed by atoms with Gasteiger partial charge in [-0.1, -0.05) is 11.2 Å². The summed E-state index contributed by atoms with van der Waals surface area (Å²) in [5.41, 5.74) is 3.00. The molecule has 1 amide bonds. The number of halogens is 1. The number of aromatic nitrogens is 2. The zero-order valence-corrected chi connectivity index (χ0v) is 14.8. The molecular formula is C17H23ClN4O2. The Kier molecular flexibility index (Phi) is 6.34. The van der Waals surface area contributed by atoms with Crippen molar-refractivity contribution in [2.75, 3.05) is 19.6 Å². The van der Waals surface area contributed by atoms with Crippen LogP contribution in [0.3, 0.4) is 0 Å². The van der Waals surface area contributed by atoms with Gasteiger partial charge in [-0.3, -0.25) is 9.78 Å². The van der Waals surface area contributed by atoms with Crippen molar-refractivity contribution in [3.05, 3.63) is 47.1 Å². The van der Waals surface area contributed by atoms with Crippen molar-refractivity contribution in [2.24, 2.45) is 0 Å². The molecule has 1 N–H and O–H groups in total. The van der Waals surface area contributed by atoms with Crippen LogP contribution < -0.4 is 5.32 Å². The van der Waals surface area contributed by atoms with Crippen LogP contribution in [-0.2, 0) is 11.2 Å². The molecule has 0 aromatic carbocycles. The van der Waals surface area contributed by atoms with E-state index in [4.69, 9.17) is 4.52 Å². The summed E-state index contributed by atoms with van der Waals surface area (Å²) < 4.78 is 5.17. The molecular weight excluding hydrogens is 328 g/mol. The molecule has 1 atom stereocenters. The lowest BCUT2D eigenvalue weighted by Crippen LogP contribution is -2.48. The summed E-state index contributed by atoms with van der Waals surface area (Å²) in [6.07, 6.45) is 4.74. The number of pyridine rings is 1. The summed E-state index contributed by atoms with van der Waals surface area (Å²) in [6, 6.07) is 3.99. The summed E-state index contributed by atoms with van der Waals surface area (Å²) >= 11 is 0. The molecule has 24 heavy (non-hydrogen) atoms. The second-order valence-electron chi connectivity index (χ2n) is 5.90. The Morgan fingerprint density at radius 2 is 2.29 bits per heavy atom. The fourth-order valence-electron chi connectivity index (χ4n) is 3.11. The van der Waals surface area contributed by atoms with Crippen molar-refractivity contribution >= 4 is 18.3 Å². The SMILES string of the molecule is Cc1noc(C)c1CCC(=O)N1CCNCC1c1cccnc1.Cl. The van der Waals surface area contributed by atoms with Gasteiger partial charge in [-0.05, 0) is 31.9 Å². The predicted octanol–water partition coefficient (Wildman–Crippen LogP) is 2.21. The number of aryl methyl sites for hydroxylation is 2. The van der Waals surface area contributed by atoms with Crippen LogP contribution in [0.25, 0.3) is 0 Å². The van der Waals surface area contributed by atoms with Gasteiger partial charge in [-0.2, -0.15) is 0 Å². The van der Waals surface area contributed by atoms with Crippen LogP contribution in [0.5, 0.6) is 0 Å². The largest absolute Gasteiger partial charge is 0.361 e. The molecule has 0 aliphatic carbocycles. The standard InChI is InChI=1S/C17H22N4O2.ClH/c1-12-15(13(2)23-20-12)5-6-17(22)21-9-8-19-11-16(21)14-4-3-7-18-10-14;/h3-4,7,10,16,19H,5-6,8-9,11H2,1-2H3;1H. The number of carbonyl (C=O) groups is 1. The molecule has 3 heterocycles. The summed E-state index contributed by atoms with van der Waals surface area (Å²) in [5, 5.41) is 7.31. The minimum Gasteiger partial charge on any atom is -0.361 e. The summed E-state index contributed by atoms with van der Waals surface area (Å²) in [4.78, 5) is 18.9. The van der Waals surface area contributed by atoms with Gasteiger partial charge in [0.2, 0.25) is 5.91 Å². The molecule has 0 spiro atoms. The topological polar surface area (TPSA) is 71.3 Å². The smallest absolute Gasteiger partial charge is 0.223 e. The van der Waals surface area contributed by atoms with Gasteiger partial charge >= 0.3 is 0 Å². The number of nitrogens with one attached hydrogen (secondary N) is 1. The Morgan fingerprint density at radius 3 is 2.96 bits per heavy atom. The summed E-state index contributed by atoms with van der Waals surface area (Å²) in [7, 11) is 0. The Morgan fingerprint density at radius 1 is 1.46 bits per heavy atom. The maximum atomic E-state index is 12.7. The predicted molar refractivity (Wildman–Crippen MR) is 93.1 cm³/mol. The monoisotopic (exact) mass is 350 g/mol. The first-order chi connectivity index (χ1) is 11.2. The van der Waals surface area contributed by atoms with Crippen LogP contribution in [0.1, 0.15) is 35.0 Å². The van der Waals surface area contributed by atoms with Gasteiger partial charge in [0.15, 0.2) is 0 Å². The van der Waals surface area contributed by atoms with E-state index in [0.717, 1.165) is 42.2 Å². The van der Waals surface area contributed by atoms with E-state index in [0.29, 0.717) is 12.8 Å². The van der Waals surface area contributed by atoms with E-state index < -0.39 is 0 Å². The molecule has 0 saturated carbocycles. The minimum atomic E-state index is 0. The average molecular weight is 351 g/mol. The van der Waals surface area contributed by atoms with Crippen molar-refractivity contribution in [2.45, 2.75) is 32.7 Å². The molecule has 1 saturated heterocycles. The maximum absolute atomic E-state index is 12.7. The average Bonchev–Trinajstić information content (AvgIpc) is 2.92. The highest BCUT2D eigenvalue weighted by atomic mass is 35.5. The van der Waals surface area contributed by atoms with Crippen molar-refractivity contribution in [1.82, 2.24) is 20.4 Å². The van der Waals surface area contributed by atoms with E-state index >= 15 is 0 Å². The number of piperazine rings is 1. The Hall–Kier alpha value is -1.92. The highest BCUT2D eigenvalue weighted by Crippen LogP contribution is 2.23. The lowest BCUT2D eigenvalue weighted by atomic mass is 10.0. The van der Waals surface area contributed by atoms with Gasteiger partial charge in [-0.25, -0.2) is 0 Å². The van der Waals surface area contributed by atoms with Gasteiger partial charge < -0.3 is 14.7 Å². The summed E-state index contributed by atoms with van der Waals surface area (Å²) in [5.74, 6) is 0.972. The molecule has 0 radical (unpaired) electrons. The van der Waals surface area contributed by atoms with Crippen molar-refractivity contribution in [3.63, 3.8) is 0 Å². The van der Waals surface area contributed by atoms with E-state index in [1.54, 1.807) is 6.20 Å². The van der Waals surface area contributed by atoms with E-state index in [1.807, 2.05) is 37.1 Å². The fraction of sp³-hybridized carbons (Fsp3) is 0.471. The third-order valence-corrected chi connectivity index (χ3v) is 4.40. The molecule has 6 nitrogen and oxygen atoms in total. The molecule has 1 unspecified atom stereocenters. The number of carbonyl (C=O) groups excluding carboxylic acids is 1. The van der Waals surface area contributed by atoms with Crippen molar-refractivity contribution in [1.29, 1.82) is 0 Å². The van der Waals surface area contributed by atoms with E-state index in [-0.39, 0.29) is 24.4 Å². The highest BCUT2D eigenvalue weighted by molar-refractivity contribution is 5.85. The molecule has 1 fully saturated rings. The molecule has 0 bridgehead atoms. The molecule has 3 rings (SSSR count). The third kappa shape index (κ3) is 3.94. The number of hydrogen-bond acceptors (Lipinski definition) is 5. The van der Waals surface area contributed by atoms with Crippen LogP contribution in [0.4, 0.5) is 0 Å². The number of hydrogen-bond donors (Lipinski definition) is 1. The van der Waals surface area contributed by atoms with Gasteiger partial charge in [-0.15, -0.1) is 12.4 Å². The Balaban J connectivity index is 0.00000208. The quantitative estimate of drug-likeness (QED) is 0.915. The number of amides is 1. The van der Waals surface area contributed by atoms with Gasteiger partial charge in [0.05, 0.1) is 11.7 Å². The molecule has 1 aliphatic heterocycles. The van der Waals surface area contributed by atoms with Crippen LogP contribution in [0.2, 0.25) is 0 Å². The first kappa shape index (κ1) is 18.4. The van der Waals surface area contributed by atoms with Crippen molar-refractivity contribution in [3.8, 4) is 0 Å².